The van der Waals surface area contributed by atoms with Crippen molar-refractivity contribution in [3.05, 3.63) is 35.4 Å². The van der Waals surface area contributed by atoms with Crippen LogP contribution in [0.4, 0.5) is 0 Å². The number of carbonyl (C=O) groups excluding carboxylic acids is 2. The predicted octanol–water partition coefficient (Wildman–Crippen LogP) is 0.806. The highest BCUT2D eigenvalue weighted by Crippen LogP contribution is 2.22. The Kier molecular flexibility index (Phi) is 4.29. The number of hydrogen-bond acceptors (Lipinski definition) is 4. The number of aliphatic hydroxyl groups is 2. The van der Waals surface area contributed by atoms with E-state index in [4.69, 9.17) is 5.11 Å². The van der Waals surface area contributed by atoms with Crippen molar-refractivity contribution in [1.82, 2.24) is 4.90 Å². The average Bonchev–Trinajstić information content (AvgIpc) is 2.68. The Morgan fingerprint density at radius 2 is 1.63 bits per heavy atom. The van der Waals surface area contributed by atoms with E-state index in [9.17, 15) is 14.7 Å². The Balaban J connectivity index is 1.90. The van der Waals surface area contributed by atoms with Crippen LogP contribution in [0.25, 0.3) is 0 Å². The molecule has 0 radical (unpaired) electrons. The normalized spacial score (nSPS) is 15.8. The molecule has 1 heterocycles. The summed E-state index contributed by atoms with van der Waals surface area (Å²) in [5, 5.41) is 17.9. The first kappa shape index (κ1) is 13.7. The van der Waals surface area contributed by atoms with E-state index >= 15 is 0 Å². The fraction of sp³-hybridized carbons (Fsp3) is 0.429. The monoisotopic (exact) mass is 263 g/mol. The van der Waals surface area contributed by atoms with E-state index in [1.165, 1.54) is 4.90 Å². The summed E-state index contributed by atoms with van der Waals surface area (Å²) in [5.74, 6) is -0.494. The van der Waals surface area contributed by atoms with Gasteiger partial charge in [-0.15, -0.1) is 0 Å². The lowest BCUT2D eigenvalue weighted by Gasteiger charge is -2.14. The van der Waals surface area contributed by atoms with Crippen LogP contribution in [0, 0.1) is 0 Å². The number of carbonyl (C=O) groups is 2. The molecule has 0 bridgehead atoms. The molecule has 1 aliphatic heterocycles. The second-order valence-corrected chi connectivity index (χ2v) is 4.64. The van der Waals surface area contributed by atoms with Crippen LogP contribution in [-0.4, -0.2) is 46.2 Å². The van der Waals surface area contributed by atoms with Crippen LogP contribution in [0.5, 0.6) is 0 Å². The van der Waals surface area contributed by atoms with Gasteiger partial charge in [-0.25, -0.2) is 0 Å². The maximum atomic E-state index is 12.0. The molecule has 5 nitrogen and oxygen atoms in total. The van der Waals surface area contributed by atoms with E-state index in [0.717, 1.165) is 0 Å². The molecule has 5 heteroatoms. The largest absolute Gasteiger partial charge is 0.394 e. The Morgan fingerprint density at radius 3 is 2.16 bits per heavy atom. The molecule has 1 aliphatic rings. The lowest BCUT2D eigenvalue weighted by Crippen LogP contribution is -2.30. The van der Waals surface area contributed by atoms with Gasteiger partial charge in [0, 0.05) is 6.54 Å². The van der Waals surface area contributed by atoms with E-state index in [1.807, 2.05) is 0 Å². The second-order valence-electron chi connectivity index (χ2n) is 4.64. The summed E-state index contributed by atoms with van der Waals surface area (Å²) in [5.41, 5.74) is 0.922. The van der Waals surface area contributed by atoms with Crippen LogP contribution in [-0.2, 0) is 0 Å². The first-order chi connectivity index (χ1) is 9.15. The molecule has 2 rings (SSSR count). The number of rotatable bonds is 6. The van der Waals surface area contributed by atoms with Gasteiger partial charge in [-0.05, 0) is 31.4 Å². The number of benzene rings is 1. The molecule has 0 aromatic heterocycles. The van der Waals surface area contributed by atoms with Crippen molar-refractivity contribution in [2.24, 2.45) is 0 Å². The van der Waals surface area contributed by atoms with Crippen molar-refractivity contribution in [2.75, 3.05) is 13.2 Å². The van der Waals surface area contributed by atoms with E-state index in [1.54, 1.807) is 24.3 Å². The number of nitrogens with zero attached hydrogens (tertiary/aromatic N) is 1. The quantitative estimate of drug-likeness (QED) is 0.588. The molecule has 2 N–H and O–H groups in total. The Hall–Kier alpha value is -1.72. The zero-order valence-corrected chi connectivity index (χ0v) is 10.6. The minimum Gasteiger partial charge on any atom is -0.394 e. The number of unbranched alkanes of at least 4 members (excludes halogenated alkanes) is 1. The third-order valence-corrected chi connectivity index (χ3v) is 3.26. The molecule has 0 aliphatic carbocycles. The molecular weight excluding hydrogens is 246 g/mol. The fourth-order valence-corrected chi connectivity index (χ4v) is 2.18. The molecule has 2 amide bonds. The molecule has 0 saturated carbocycles. The highest BCUT2D eigenvalue weighted by atomic mass is 16.3. The van der Waals surface area contributed by atoms with Crippen molar-refractivity contribution >= 4 is 11.8 Å². The van der Waals surface area contributed by atoms with E-state index < -0.39 is 6.10 Å². The Bertz CT molecular complexity index is 451. The molecular formula is C14H17NO4. The molecule has 1 aromatic carbocycles. The van der Waals surface area contributed by atoms with Crippen LogP contribution >= 0.6 is 0 Å². The number of amides is 2. The van der Waals surface area contributed by atoms with E-state index in [0.29, 0.717) is 36.9 Å². The molecule has 19 heavy (non-hydrogen) atoms. The van der Waals surface area contributed by atoms with Gasteiger partial charge in [-0.2, -0.15) is 0 Å². The minimum absolute atomic E-state index is 0.247. The molecule has 102 valence electrons. The van der Waals surface area contributed by atoms with Crippen LogP contribution in [0.15, 0.2) is 24.3 Å². The standard InChI is InChI=1S/C14H17NO4/c16-9-10(17)5-3-4-8-15-13(18)11-6-1-2-7-12(11)14(15)19/h1-2,6-7,10,16-17H,3-5,8-9H2/t10-/m1/s1. The van der Waals surface area contributed by atoms with Gasteiger partial charge in [-0.3, -0.25) is 14.5 Å². The smallest absolute Gasteiger partial charge is 0.261 e. The Labute approximate surface area is 111 Å². The zero-order chi connectivity index (χ0) is 13.8. The van der Waals surface area contributed by atoms with Gasteiger partial charge in [-0.1, -0.05) is 12.1 Å². The lowest BCUT2D eigenvalue weighted by molar-refractivity contribution is 0.0642. The number of imide groups is 1. The van der Waals surface area contributed by atoms with Gasteiger partial charge in [0.15, 0.2) is 0 Å². The maximum Gasteiger partial charge on any atom is 0.261 e. The molecule has 0 unspecified atom stereocenters. The fourth-order valence-electron chi connectivity index (χ4n) is 2.18. The summed E-state index contributed by atoms with van der Waals surface area (Å²) in [4.78, 5) is 25.3. The lowest BCUT2D eigenvalue weighted by atomic mass is 10.1. The van der Waals surface area contributed by atoms with Crippen LogP contribution in [0.1, 0.15) is 40.0 Å². The average molecular weight is 263 g/mol. The van der Waals surface area contributed by atoms with Crippen molar-refractivity contribution in [3.8, 4) is 0 Å². The van der Waals surface area contributed by atoms with Crippen molar-refractivity contribution in [2.45, 2.75) is 25.4 Å². The predicted molar refractivity (Wildman–Crippen MR) is 68.8 cm³/mol. The minimum atomic E-state index is -0.720. The molecule has 0 saturated heterocycles. The maximum absolute atomic E-state index is 12.0. The highest BCUT2D eigenvalue weighted by Gasteiger charge is 2.34. The summed E-state index contributed by atoms with van der Waals surface area (Å²) in [6, 6.07) is 6.80. The van der Waals surface area contributed by atoms with Gasteiger partial charge in [0.1, 0.15) is 0 Å². The molecule has 1 atom stereocenters. The number of fused-ring (bicyclic) bond motifs is 1. The summed E-state index contributed by atoms with van der Waals surface area (Å²) in [6.07, 6.45) is 1.04. The SMILES string of the molecule is O=C1c2ccccc2C(=O)N1CCCC[C@@H](O)CO. The zero-order valence-electron chi connectivity index (χ0n) is 10.6. The summed E-state index contributed by atoms with van der Waals surface area (Å²) in [6.45, 7) is 0.0948. The first-order valence-corrected chi connectivity index (χ1v) is 6.39. The molecule has 0 spiro atoms. The second kappa shape index (κ2) is 5.95. The highest BCUT2D eigenvalue weighted by molar-refractivity contribution is 6.21. The van der Waals surface area contributed by atoms with Gasteiger partial charge in [0.05, 0.1) is 23.8 Å². The first-order valence-electron chi connectivity index (χ1n) is 6.39. The summed E-state index contributed by atoms with van der Waals surface area (Å²) >= 11 is 0. The van der Waals surface area contributed by atoms with Crippen molar-refractivity contribution in [1.29, 1.82) is 0 Å². The van der Waals surface area contributed by atoms with E-state index in [-0.39, 0.29) is 18.4 Å². The van der Waals surface area contributed by atoms with Crippen molar-refractivity contribution < 1.29 is 19.8 Å². The molecule has 1 aromatic rings. The van der Waals surface area contributed by atoms with E-state index in [2.05, 4.69) is 0 Å². The topological polar surface area (TPSA) is 77.8 Å². The van der Waals surface area contributed by atoms with Crippen LogP contribution in [0.2, 0.25) is 0 Å². The summed E-state index contributed by atoms with van der Waals surface area (Å²) in [7, 11) is 0. The summed E-state index contributed by atoms with van der Waals surface area (Å²) < 4.78 is 0. The van der Waals surface area contributed by atoms with Gasteiger partial charge in [0.25, 0.3) is 11.8 Å². The van der Waals surface area contributed by atoms with Gasteiger partial charge < -0.3 is 10.2 Å². The van der Waals surface area contributed by atoms with Gasteiger partial charge in [0.2, 0.25) is 0 Å². The van der Waals surface area contributed by atoms with Gasteiger partial charge >= 0.3 is 0 Å². The van der Waals surface area contributed by atoms with Crippen molar-refractivity contribution in [3.63, 3.8) is 0 Å². The third-order valence-electron chi connectivity index (χ3n) is 3.26. The number of hydrogen-bond donors (Lipinski definition) is 2. The molecule has 0 fully saturated rings. The third kappa shape index (κ3) is 2.83. The van der Waals surface area contributed by atoms with Crippen LogP contribution in [0.3, 0.4) is 0 Å². The Morgan fingerprint density at radius 1 is 1.05 bits per heavy atom. The van der Waals surface area contributed by atoms with Crippen LogP contribution < -0.4 is 0 Å². The number of aliphatic hydroxyl groups excluding tert-OH is 2.